The van der Waals surface area contributed by atoms with E-state index in [1.807, 2.05) is 61.5 Å². The van der Waals surface area contributed by atoms with E-state index in [1.54, 1.807) is 7.11 Å². The van der Waals surface area contributed by atoms with E-state index in [2.05, 4.69) is 5.32 Å². The first-order chi connectivity index (χ1) is 9.28. The summed E-state index contributed by atoms with van der Waals surface area (Å²) in [5.41, 5.74) is 1.06. The molecule has 2 rings (SSSR count). The molecule has 0 saturated carbocycles. The van der Waals surface area contributed by atoms with Crippen molar-refractivity contribution in [1.82, 2.24) is 0 Å². The van der Waals surface area contributed by atoms with Crippen molar-refractivity contribution in [1.29, 1.82) is 0 Å². The highest BCUT2D eigenvalue weighted by Gasteiger charge is 2.03. The third-order valence-corrected chi connectivity index (χ3v) is 2.76. The van der Waals surface area contributed by atoms with Gasteiger partial charge in [-0.3, -0.25) is 0 Å². The normalized spacial score (nSPS) is 11.7. The Hall–Kier alpha value is -2.16. The molecule has 0 amide bonds. The lowest BCUT2D eigenvalue weighted by atomic mass is 10.3. The summed E-state index contributed by atoms with van der Waals surface area (Å²) in [6.07, 6.45) is 0.101. The zero-order chi connectivity index (χ0) is 13.5. The second-order valence-corrected chi connectivity index (χ2v) is 4.35. The van der Waals surface area contributed by atoms with Crippen LogP contribution in [0.2, 0.25) is 0 Å². The zero-order valence-electron chi connectivity index (χ0n) is 11.3. The summed E-state index contributed by atoms with van der Waals surface area (Å²) < 4.78 is 10.9. The maximum atomic E-state index is 5.79. The minimum atomic E-state index is 0.101. The molecule has 1 N–H and O–H groups in total. The van der Waals surface area contributed by atoms with E-state index in [0.717, 1.165) is 23.7 Å². The van der Waals surface area contributed by atoms with Crippen LogP contribution in [0, 0.1) is 0 Å². The molecule has 19 heavy (non-hydrogen) atoms. The van der Waals surface area contributed by atoms with Crippen LogP contribution in [0.4, 0.5) is 5.69 Å². The second kappa shape index (κ2) is 6.69. The fourth-order valence-electron chi connectivity index (χ4n) is 1.74. The Bertz CT molecular complexity index is 482. The first-order valence-electron chi connectivity index (χ1n) is 6.37. The van der Waals surface area contributed by atoms with Crippen LogP contribution in [-0.4, -0.2) is 19.8 Å². The molecule has 0 aliphatic heterocycles. The second-order valence-electron chi connectivity index (χ2n) is 4.35. The highest BCUT2D eigenvalue weighted by Crippen LogP contribution is 2.15. The molecular formula is C16H19NO2. The summed E-state index contributed by atoms with van der Waals surface area (Å²) in [4.78, 5) is 0. The van der Waals surface area contributed by atoms with Gasteiger partial charge in [-0.25, -0.2) is 0 Å². The van der Waals surface area contributed by atoms with Gasteiger partial charge in [0, 0.05) is 5.69 Å². The molecule has 0 aromatic heterocycles. The Morgan fingerprint density at radius 1 is 0.947 bits per heavy atom. The van der Waals surface area contributed by atoms with Gasteiger partial charge in [-0.15, -0.1) is 0 Å². The van der Waals surface area contributed by atoms with Gasteiger partial charge in [-0.1, -0.05) is 18.2 Å². The number of hydrogen-bond donors (Lipinski definition) is 1. The van der Waals surface area contributed by atoms with Crippen LogP contribution in [-0.2, 0) is 0 Å². The number of methoxy groups -OCH3 is 1. The van der Waals surface area contributed by atoms with Crippen LogP contribution < -0.4 is 14.8 Å². The Morgan fingerprint density at radius 3 is 2.26 bits per heavy atom. The number of benzene rings is 2. The van der Waals surface area contributed by atoms with Crippen LogP contribution in [0.3, 0.4) is 0 Å². The van der Waals surface area contributed by atoms with Gasteiger partial charge in [0.15, 0.2) is 0 Å². The standard InChI is InChI=1S/C16H19NO2/c1-13(19-16-6-4-3-5-7-16)12-17-14-8-10-15(18-2)11-9-14/h3-11,13,17H,12H2,1-2H3. The molecule has 0 aliphatic rings. The predicted octanol–water partition coefficient (Wildman–Crippen LogP) is 3.57. The average Bonchev–Trinajstić information content (AvgIpc) is 2.47. The van der Waals surface area contributed by atoms with E-state index in [4.69, 9.17) is 9.47 Å². The van der Waals surface area contributed by atoms with Crippen molar-refractivity contribution in [3.8, 4) is 11.5 Å². The monoisotopic (exact) mass is 257 g/mol. The number of ether oxygens (including phenoxy) is 2. The Morgan fingerprint density at radius 2 is 1.63 bits per heavy atom. The van der Waals surface area contributed by atoms with Crippen LogP contribution in [0.15, 0.2) is 54.6 Å². The Balaban J connectivity index is 1.81. The topological polar surface area (TPSA) is 30.5 Å². The smallest absolute Gasteiger partial charge is 0.119 e. The lowest BCUT2D eigenvalue weighted by Gasteiger charge is -2.16. The van der Waals surface area contributed by atoms with E-state index >= 15 is 0 Å². The first-order valence-corrected chi connectivity index (χ1v) is 6.37. The predicted molar refractivity (Wildman–Crippen MR) is 78.0 cm³/mol. The number of nitrogens with one attached hydrogen (secondary N) is 1. The van der Waals surface area contributed by atoms with Crippen molar-refractivity contribution in [2.45, 2.75) is 13.0 Å². The zero-order valence-corrected chi connectivity index (χ0v) is 11.3. The molecule has 0 spiro atoms. The lowest BCUT2D eigenvalue weighted by Crippen LogP contribution is -2.22. The summed E-state index contributed by atoms with van der Waals surface area (Å²) in [6.45, 7) is 2.80. The molecule has 2 aromatic carbocycles. The van der Waals surface area contributed by atoms with Crippen molar-refractivity contribution < 1.29 is 9.47 Å². The summed E-state index contributed by atoms with van der Waals surface area (Å²) >= 11 is 0. The molecule has 0 aliphatic carbocycles. The van der Waals surface area contributed by atoms with Crippen molar-refractivity contribution in [2.24, 2.45) is 0 Å². The van der Waals surface area contributed by atoms with Crippen molar-refractivity contribution in [2.75, 3.05) is 19.0 Å². The van der Waals surface area contributed by atoms with Gasteiger partial charge < -0.3 is 14.8 Å². The summed E-state index contributed by atoms with van der Waals surface area (Å²) in [6, 6.07) is 17.7. The van der Waals surface area contributed by atoms with Gasteiger partial charge in [-0.05, 0) is 43.3 Å². The largest absolute Gasteiger partial charge is 0.497 e. The first kappa shape index (κ1) is 13.3. The highest BCUT2D eigenvalue weighted by atomic mass is 16.5. The van der Waals surface area contributed by atoms with E-state index in [0.29, 0.717) is 0 Å². The Kier molecular flexibility index (Phi) is 4.67. The minimum absolute atomic E-state index is 0.101. The molecule has 1 atom stereocenters. The van der Waals surface area contributed by atoms with E-state index < -0.39 is 0 Å². The molecule has 0 radical (unpaired) electrons. The molecule has 3 nitrogen and oxygen atoms in total. The quantitative estimate of drug-likeness (QED) is 0.858. The number of para-hydroxylation sites is 1. The van der Waals surface area contributed by atoms with E-state index in [1.165, 1.54) is 0 Å². The Labute approximate surface area is 114 Å². The van der Waals surface area contributed by atoms with Gasteiger partial charge in [0.05, 0.1) is 13.7 Å². The molecular weight excluding hydrogens is 238 g/mol. The van der Waals surface area contributed by atoms with Gasteiger partial charge >= 0.3 is 0 Å². The molecule has 0 saturated heterocycles. The maximum Gasteiger partial charge on any atom is 0.119 e. The molecule has 2 aromatic rings. The molecule has 3 heteroatoms. The fourth-order valence-corrected chi connectivity index (χ4v) is 1.74. The SMILES string of the molecule is COc1ccc(NCC(C)Oc2ccccc2)cc1. The van der Waals surface area contributed by atoms with Crippen molar-refractivity contribution in [3.63, 3.8) is 0 Å². The average molecular weight is 257 g/mol. The molecule has 100 valence electrons. The van der Waals surface area contributed by atoms with Crippen molar-refractivity contribution in [3.05, 3.63) is 54.6 Å². The van der Waals surface area contributed by atoms with Crippen LogP contribution >= 0.6 is 0 Å². The van der Waals surface area contributed by atoms with Crippen molar-refractivity contribution >= 4 is 5.69 Å². The van der Waals surface area contributed by atoms with Gasteiger partial charge in [0.2, 0.25) is 0 Å². The third-order valence-electron chi connectivity index (χ3n) is 2.76. The lowest BCUT2D eigenvalue weighted by molar-refractivity contribution is 0.235. The van der Waals surface area contributed by atoms with E-state index in [9.17, 15) is 0 Å². The van der Waals surface area contributed by atoms with Crippen LogP contribution in [0.25, 0.3) is 0 Å². The number of anilines is 1. The summed E-state index contributed by atoms with van der Waals surface area (Å²) in [5.74, 6) is 1.76. The number of hydrogen-bond acceptors (Lipinski definition) is 3. The van der Waals surface area contributed by atoms with Gasteiger partial charge in [0.25, 0.3) is 0 Å². The summed E-state index contributed by atoms with van der Waals surface area (Å²) in [5, 5.41) is 3.34. The van der Waals surface area contributed by atoms with Crippen LogP contribution in [0.5, 0.6) is 11.5 Å². The summed E-state index contributed by atoms with van der Waals surface area (Å²) in [7, 11) is 1.66. The maximum absolute atomic E-state index is 5.79. The van der Waals surface area contributed by atoms with Gasteiger partial charge in [-0.2, -0.15) is 0 Å². The van der Waals surface area contributed by atoms with Gasteiger partial charge in [0.1, 0.15) is 17.6 Å². The fraction of sp³-hybridized carbons (Fsp3) is 0.250. The van der Waals surface area contributed by atoms with Crippen LogP contribution in [0.1, 0.15) is 6.92 Å². The minimum Gasteiger partial charge on any atom is -0.497 e. The molecule has 0 bridgehead atoms. The third kappa shape index (κ3) is 4.21. The highest BCUT2D eigenvalue weighted by molar-refractivity contribution is 5.46. The van der Waals surface area contributed by atoms with E-state index in [-0.39, 0.29) is 6.10 Å². The molecule has 0 fully saturated rings. The molecule has 0 heterocycles. The number of rotatable bonds is 6. The molecule has 1 unspecified atom stereocenters.